The molecule has 2 aliphatic heterocycles. The number of alkyl halides is 1. The largest absolute Gasteiger partial charge is 0.474 e. The van der Waals surface area contributed by atoms with Gasteiger partial charge >= 0.3 is 6.09 Å². The number of carbonyl (C=O) groups is 1. The van der Waals surface area contributed by atoms with Crippen molar-refractivity contribution in [2.75, 3.05) is 20.1 Å². The fourth-order valence-electron chi connectivity index (χ4n) is 6.34. The van der Waals surface area contributed by atoms with Gasteiger partial charge in [-0.1, -0.05) is 29.4 Å². The van der Waals surface area contributed by atoms with Gasteiger partial charge in [-0.25, -0.2) is 9.18 Å². The summed E-state index contributed by atoms with van der Waals surface area (Å²) in [6, 6.07) is 9.18. The third-order valence-corrected chi connectivity index (χ3v) is 9.31. The van der Waals surface area contributed by atoms with E-state index < -0.39 is 23.3 Å². The number of aromatic nitrogens is 4. The van der Waals surface area contributed by atoms with Crippen LogP contribution >= 0.6 is 9.24 Å². The molecule has 11 nitrogen and oxygen atoms in total. The summed E-state index contributed by atoms with van der Waals surface area (Å²) in [5.74, 6) is 3.91. The molecule has 0 saturated carbocycles. The van der Waals surface area contributed by atoms with E-state index in [0.29, 0.717) is 44.7 Å². The van der Waals surface area contributed by atoms with Gasteiger partial charge in [-0.15, -0.1) is 21.6 Å². The molecule has 0 radical (unpaired) electrons. The van der Waals surface area contributed by atoms with E-state index in [4.69, 9.17) is 30.1 Å². The standard InChI is InChI=1S/C35H46FN6O5P/c1-9-12-23-18-24(15-16-42(23)33(43)46-34(3,4)5)45-29-19-28(44-21(2)26-17-22(36)20-41(26)8)37-30(38-29)31-39-32(47-40-31)35(6,7)25-13-10-11-14-27(25)48/h1,10-11,13-14,19,21-24,26H,12,15-18,20,48H2,2-8H3/t21-,22+,23+,24-,26-/m0/s1. The zero-order valence-corrected chi connectivity index (χ0v) is 29.9. The number of amides is 1. The maximum Gasteiger partial charge on any atom is 0.410 e. The van der Waals surface area contributed by atoms with E-state index in [2.05, 4.69) is 30.3 Å². The summed E-state index contributed by atoms with van der Waals surface area (Å²) >= 11 is 0. The van der Waals surface area contributed by atoms with Crippen LogP contribution in [0.1, 0.15) is 78.7 Å². The van der Waals surface area contributed by atoms with Gasteiger partial charge in [0, 0.05) is 44.4 Å². The molecule has 4 heterocycles. The van der Waals surface area contributed by atoms with Crippen molar-refractivity contribution < 1.29 is 27.9 Å². The summed E-state index contributed by atoms with van der Waals surface area (Å²) in [6.45, 7) is 12.2. The van der Waals surface area contributed by atoms with Gasteiger partial charge < -0.3 is 23.6 Å². The smallest absolute Gasteiger partial charge is 0.410 e. The van der Waals surface area contributed by atoms with Gasteiger partial charge in [0.05, 0.1) is 11.5 Å². The Morgan fingerprint density at radius 3 is 2.54 bits per heavy atom. The second-order valence-corrected chi connectivity index (χ2v) is 14.8. The molecule has 48 heavy (non-hydrogen) atoms. The SMILES string of the molecule is C#CC[C@@H]1C[C@@H](Oc2cc(O[C@@H](C)[C@@H]3C[C@@H](F)CN3C)nc(-c3noc(C(C)(C)c4ccccc4P)n3)n2)CCN1C(=O)OC(C)(C)C. The normalized spacial score (nSPS) is 22.6. The van der Waals surface area contributed by atoms with Crippen LogP contribution in [0.15, 0.2) is 34.9 Å². The van der Waals surface area contributed by atoms with Gasteiger partial charge in [-0.3, -0.25) is 4.90 Å². The highest BCUT2D eigenvalue weighted by Crippen LogP contribution is 2.33. The minimum atomic E-state index is -0.916. The molecule has 0 spiro atoms. The van der Waals surface area contributed by atoms with Crippen molar-refractivity contribution in [2.24, 2.45) is 0 Å². The third-order valence-electron chi connectivity index (χ3n) is 8.81. The lowest BCUT2D eigenvalue weighted by Crippen LogP contribution is -2.50. The summed E-state index contributed by atoms with van der Waals surface area (Å²) in [7, 11) is 4.63. The molecule has 0 bridgehead atoms. The van der Waals surface area contributed by atoms with Crippen molar-refractivity contribution >= 4 is 20.6 Å². The second-order valence-electron chi connectivity index (χ2n) is 14.2. The molecule has 1 aromatic carbocycles. The maximum absolute atomic E-state index is 14.2. The van der Waals surface area contributed by atoms with Crippen LogP contribution in [-0.4, -0.2) is 92.2 Å². The van der Waals surface area contributed by atoms with Crippen molar-refractivity contribution in [3.05, 3.63) is 41.8 Å². The fourth-order valence-corrected chi connectivity index (χ4v) is 6.91. The Morgan fingerprint density at radius 2 is 1.88 bits per heavy atom. The first-order valence-corrected chi connectivity index (χ1v) is 16.9. The first-order chi connectivity index (χ1) is 22.6. The number of piperidine rings is 1. The molecule has 5 rings (SSSR count). The van der Waals surface area contributed by atoms with Crippen LogP contribution in [-0.2, 0) is 10.2 Å². The fraction of sp³-hybridized carbons (Fsp3) is 0.571. The van der Waals surface area contributed by atoms with Crippen LogP contribution in [0, 0.1) is 12.3 Å². The van der Waals surface area contributed by atoms with Crippen molar-refractivity contribution in [1.29, 1.82) is 0 Å². The minimum Gasteiger partial charge on any atom is -0.474 e. The quantitative estimate of drug-likeness (QED) is 0.217. The van der Waals surface area contributed by atoms with Crippen LogP contribution < -0.4 is 14.8 Å². The molecule has 258 valence electrons. The number of hydrogen-bond donors (Lipinski definition) is 0. The predicted molar refractivity (Wildman–Crippen MR) is 183 cm³/mol. The zero-order chi connectivity index (χ0) is 34.8. The molecule has 0 N–H and O–H groups in total. The van der Waals surface area contributed by atoms with Crippen LogP contribution in [0.25, 0.3) is 11.6 Å². The lowest BCUT2D eigenvalue weighted by molar-refractivity contribution is -0.00375. The average molecular weight is 681 g/mol. The number of ether oxygens (including phenoxy) is 3. The number of terminal acetylenes is 1. The number of nitrogens with zero attached hydrogens (tertiary/aromatic N) is 6. The lowest BCUT2D eigenvalue weighted by atomic mass is 9.84. The van der Waals surface area contributed by atoms with Gasteiger partial charge in [0.25, 0.3) is 0 Å². The van der Waals surface area contributed by atoms with Crippen LogP contribution in [0.2, 0.25) is 0 Å². The highest BCUT2D eigenvalue weighted by molar-refractivity contribution is 7.27. The Bertz CT molecular complexity index is 1640. The highest BCUT2D eigenvalue weighted by Gasteiger charge is 2.37. The Kier molecular flexibility index (Phi) is 10.6. The third kappa shape index (κ3) is 8.24. The average Bonchev–Trinajstić information content (AvgIpc) is 3.63. The Balaban J connectivity index is 1.42. The van der Waals surface area contributed by atoms with Crippen LogP contribution in [0.3, 0.4) is 0 Å². The van der Waals surface area contributed by atoms with E-state index in [0.717, 1.165) is 10.9 Å². The van der Waals surface area contributed by atoms with Crippen molar-refractivity contribution in [3.8, 4) is 35.8 Å². The number of carbonyl (C=O) groups excluding carboxylic acids is 1. The number of likely N-dealkylation sites (tertiary alicyclic amines) is 2. The van der Waals surface area contributed by atoms with Gasteiger partial charge in [-0.2, -0.15) is 15.0 Å². The summed E-state index contributed by atoms with van der Waals surface area (Å²) < 4.78 is 38.3. The van der Waals surface area contributed by atoms with Gasteiger partial charge in [0.15, 0.2) is 0 Å². The highest BCUT2D eigenvalue weighted by atomic mass is 31.0. The van der Waals surface area contributed by atoms with Crippen LogP contribution in [0.5, 0.6) is 11.8 Å². The lowest BCUT2D eigenvalue weighted by Gasteiger charge is -2.39. The topological polar surface area (TPSA) is 116 Å². The monoisotopic (exact) mass is 680 g/mol. The Labute approximate surface area is 284 Å². The molecule has 1 amide bonds. The second kappa shape index (κ2) is 14.4. The molecule has 2 fully saturated rings. The van der Waals surface area contributed by atoms with E-state index >= 15 is 0 Å². The van der Waals surface area contributed by atoms with Gasteiger partial charge in [0.2, 0.25) is 29.3 Å². The molecule has 1 unspecified atom stereocenters. The number of hydrogen-bond acceptors (Lipinski definition) is 10. The van der Waals surface area contributed by atoms with Gasteiger partial charge in [-0.05, 0) is 65.9 Å². The summed E-state index contributed by atoms with van der Waals surface area (Å²) in [6.07, 6.45) is 5.43. The molecule has 3 aromatic rings. The number of benzene rings is 1. The summed E-state index contributed by atoms with van der Waals surface area (Å²) in [5, 5.41) is 5.26. The summed E-state index contributed by atoms with van der Waals surface area (Å²) in [5.41, 5.74) is -0.208. The van der Waals surface area contributed by atoms with E-state index in [1.54, 1.807) is 11.0 Å². The Hall–Kier alpha value is -3.81. The first-order valence-electron chi connectivity index (χ1n) is 16.3. The molecular weight excluding hydrogens is 634 g/mol. The summed E-state index contributed by atoms with van der Waals surface area (Å²) in [4.78, 5) is 30.6. The number of likely N-dealkylation sites (N-methyl/N-ethyl adjacent to an activating group) is 1. The van der Waals surface area contributed by atoms with E-state index in [-0.39, 0.29) is 47.7 Å². The molecule has 6 atom stereocenters. The predicted octanol–water partition coefficient (Wildman–Crippen LogP) is 5.33. The van der Waals surface area contributed by atoms with Crippen molar-refractivity contribution in [1.82, 2.24) is 29.9 Å². The van der Waals surface area contributed by atoms with E-state index in [1.807, 2.05) is 77.8 Å². The molecule has 2 aromatic heterocycles. The molecule has 2 saturated heterocycles. The van der Waals surface area contributed by atoms with Crippen molar-refractivity contribution in [3.63, 3.8) is 0 Å². The first kappa shape index (κ1) is 35.5. The van der Waals surface area contributed by atoms with E-state index in [1.165, 1.54) is 0 Å². The maximum atomic E-state index is 14.2. The minimum absolute atomic E-state index is 0.131. The molecule has 2 aliphatic rings. The zero-order valence-electron chi connectivity index (χ0n) is 28.8. The van der Waals surface area contributed by atoms with Gasteiger partial charge in [0.1, 0.15) is 24.0 Å². The van der Waals surface area contributed by atoms with Crippen molar-refractivity contribution in [2.45, 2.75) is 109 Å². The Morgan fingerprint density at radius 1 is 1.15 bits per heavy atom. The molecular formula is C35H46FN6O5P. The van der Waals surface area contributed by atoms with E-state index in [9.17, 15) is 9.18 Å². The van der Waals surface area contributed by atoms with Crippen LogP contribution in [0.4, 0.5) is 9.18 Å². The number of halogens is 1. The molecule has 0 aliphatic carbocycles. The molecule has 13 heteroatoms. The number of rotatable bonds is 9.